The monoisotopic (exact) mass is 198 g/mol. The van der Waals surface area contributed by atoms with Crippen LogP contribution in [0, 0.1) is 0 Å². The SMILES string of the molecule is NC(=O)c1ccc(CC(N)Cl)cc1. The second-order valence-electron chi connectivity index (χ2n) is 2.78. The highest BCUT2D eigenvalue weighted by molar-refractivity contribution is 6.20. The Bertz CT molecular complexity index is 295. The highest BCUT2D eigenvalue weighted by Gasteiger charge is 2.01. The molecular formula is C9H11ClN2O. The van der Waals surface area contributed by atoms with Gasteiger partial charge in [-0.1, -0.05) is 12.1 Å². The molecule has 1 aromatic carbocycles. The van der Waals surface area contributed by atoms with Crippen molar-refractivity contribution in [1.82, 2.24) is 0 Å². The lowest BCUT2D eigenvalue weighted by Gasteiger charge is -2.03. The van der Waals surface area contributed by atoms with E-state index in [1.807, 2.05) is 0 Å². The molecule has 1 amide bonds. The molecule has 0 saturated heterocycles. The van der Waals surface area contributed by atoms with E-state index in [2.05, 4.69) is 0 Å². The first kappa shape index (κ1) is 10.0. The minimum absolute atomic E-state index is 0.389. The van der Waals surface area contributed by atoms with Crippen molar-refractivity contribution < 1.29 is 4.79 Å². The summed E-state index contributed by atoms with van der Waals surface area (Å²) in [6, 6.07) is 6.92. The zero-order valence-electron chi connectivity index (χ0n) is 7.03. The van der Waals surface area contributed by atoms with Crippen molar-refractivity contribution in [3.05, 3.63) is 35.4 Å². The van der Waals surface area contributed by atoms with Gasteiger partial charge in [0.2, 0.25) is 5.91 Å². The van der Waals surface area contributed by atoms with Gasteiger partial charge >= 0.3 is 0 Å². The summed E-state index contributed by atoms with van der Waals surface area (Å²) in [5.41, 5.74) is 11.6. The Kier molecular flexibility index (Phi) is 3.28. The first-order valence-electron chi connectivity index (χ1n) is 3.88. The van der Waals surface area contributed by atoms with Crippen molar-refractivity contribution in [3.8, 4) is 0 Å². The van der Waals surface area contributed by atoms with Gasteiger partial charge in [0.15, 0.2) is 0 Å². The number of carbonyl (C=O) groups is 1. The molecule has 1 aromatic rings. The lowest BCUT2D eigenvalue weighted by atomic mass is 10.1. The third kappa shape index (κ3) is 3.05. The summed E-state index contributed by atoms with van der Waals surface area (Å²) in [7, 11) is 0. The minimum atomic E-state index is -0.429. The molecule has 1 unspecified atom stereocenters. The maximum absolute atomic E-state index is 10.7. The van der Waals surface area contributed by atoms with Gasteiger partial charge in [0, 0.05) is 12.0 Å². The van der Waals surface area contributed by atoms with Crippen LogP contribution >= 0.6 is 11.6 Å². The number of nitrogens with two attached hydrogens (primary N) is 2. The highest BCUT2D eigenvalue weighted by atomic mass is 35.5. The number of rotatable bonds is 3. The van der Waals surface area contributed by atoms with E-state index in [9.17, 15) is 4.79 Å². The smallest absolute Gasteiger partial charge is 0.248 e. The Balaban J connectivity index is 2.75. The molecular weight excluding hydrogens is 188 g/mol. The average Bonchev–Trinajstić information content (AvgIpc) is 2.04. The van der Waals surface area contributed by atoms with E-state index in [-0.39, 0.29) is 5.50 Å². The highest BCUT2D eigenvalue weighted by Crippen LogP contribution is 2.07. The Hall–Kier alpha value is -1.06. The summed E-state index contributed by atoms with van der Waals surface area (Å²) in [4.78, 5) is 10.7. The molecule has 0 aliphatic heterocycles. The number of hydrogen-bond donors (Lipinski definition) is 2. The first-order valence-corrected chi connectivity index (χ1v) is 4.31. The van der Waals surface area contributed by atoms with Gasteiger partial charge in [-0.3, -0.25) is 4.79 Å². The van der Waals surface area contributed by atoms with E-state index < -0.39 is 5.91 Å². The van der Waals surface area contributed by atoms with E-state index in [1.54, 1.807) is 24.3 Å². The third-order valence-electron chi connectivity index (χ3n) is 1.67. The van der Waals surface area contributed by atoms with E-state index in [4.69, 9.17) is 23.1 Å². The number of amides is 1. The van der Waals surface area contributed by atoms with Crippen LogP contribution in [0.1, 0.15) is 15.9 Å². The molecule has 0 heterocycles. The molecule has 0 bridgehead atoms. The number of benzene rings is 1. The fourth-order valence-corrected chi connectivity index (χ4v) is 1.21. The molecule has 0 fully saturated rings. The Morgan fingerprint density at radius 1 is 1.38 bits per heavy atom. The van der Waals surface area contributed by atoms with Crippen LogP contribution in [0.4, 0.5) is 0 Å². The van der Waals surface area contributed by atoms with E-state index in [0.29, 0.717) is 12.0 Å². The molecule has 13 heavy (non-hydrogen) atoms. The van der Waals surface area contributed by atoms with Crippen molar-refractivity contribution in [2.45, 2.75) is 11.9 Å². The molecule has 0 radical (unpaired) electrons. The van der Waals surface area contributed by atoms with Crippen molar-refractivity contribution in [3.63, 3.8) is 0 Å². The standard InChI is InChI=1S/C9H11ClN2O/c10-8(11)5-6-1-3-7(4-2-6)9(12)13/h1-4,8H,5,11H2,(H2,12,13). The Labute approximate surface area is 81.7 Å². The van der Waals surface area contributed by atoms with Crippen molar-refractivity contribution in [1.29, 1.82) is 0 Å². The summed E-state index contributed by atoms with van der Waals surface area (Å²) in [6.45, 7) is 0. The number of primary amides is 1. The predicted octanol–water partition coefficient (Wildman–Crippen LogP) is 0.852. The van der Waals surface area contributed by atoms with E-state index in [1.165, 1.54) is 0 Å². The molecule has 0 aromatic heterocycles. The summed E-state index contributed by atoms with van der Waals surface area (Å²) in [6.07, 6.45) is 0.584. The van der Waals surface area contributed by atoms with Crippen LogP contribution in [-0.2, 0) is 6.42 Å². The van der Waals surface area contributed by atoms with Crippen molar-refractivity contribution in [2.24, 2.45) is 11.5 Å². The molecule has 1 rings (SSSR count). The second-order valence-corrected chi connectivity index (χ2v) is 3.34. The summed E-state index contributed by atoms with van der Waals surface area (Å²) < 4.78 is 0. The lowest BCUT2D eigenvalue weighted by Crippen LogP contribution is -2.15. The Morgan fingerprint density at radius 2 is 1.92 bits per heavy atom. The molecule has 0 aliphatic rings. The Morgan fingerprint density at radius 3 is 2.31 bits per heavy atom. The van der Waals surface area contributed by atoms with Crippen LogP contribution in [-0.4, -0.2) is 11.4 Å². The van der Waals surface area contributed by atoms with Gasteiger partial charge in [0.1, 0.15) is 0 Å². The number of carbonyl (C=O) groups excluding carboxylic acids is 1. The summed E-state index contributed by atoms with van der Waals surface area (Å²) in [5.74, 6) is -0.429. The van der Waals surface area contributed by atoms with E-state index >= 15 is 0 Å². The number of hydrogen-bond acceptors (Lipinski definition) is 2. The average molecular weight is 199 g/mol. The van der Waals surface area contributed by atoms with Crippen molar-refractivity contribution >= 4 is 17.5 Å². The normalized spacial score (nSPS) is 12.5. The molecule has 1 atom stereocenters. The van der Waals surface area contributed by atoms with Crippen LogP contribution < -0.4 is 11.5 Å². The van der Waals surface area contributed by atoms with Crippen LogP contribution in [0.3, 0.4) is 0 Å². The van der Waals surface area contributed by atoms with Crippen molar-refractivity contribution in [2.75, 3.05) is 0 Å². The van der Waals surface area contributed by atoms with Crippen LogP contribution in [0.5, 0.6) is 0 Å². The largest absolute Gasteiger partial charge is 0.366 e. The van der Waals surface area contributed by atoms with Gasteiger partial charge in [-0.2, -0.15) is 0 Å². The topological polar surface area (TPSA) is 69.1 Å². The lowest BCUT2D eigenvalue weighted by molar-refractivity contribution is 0.100. The maximum Gasteiger partial charge on any atom is 0.248 e. The van der Waals surface area contributed by atoms with Gasteiger partial charge in [-0.25, -0.2) is 0 Å². The molecule has 0 aliphatic carbocycles. The molecule has 70 valence electrons. The van der Waals surface area contributed by atoms with Crippen LogP contribution in [0.2, 0.25) is 0 Å². The minimum Gasteiger partial charge on any atom is -0.366 e. The first-order chi connectivity index (χ1) is 6.09. The van der Waals surface area contributed by atoms with Gasteiger partial charge in [0.05, 0.1) is 5.50 Å². The number of alkyl halides is 1. The van der Waals surface area contributed by atoms with Gasteiger partial charge in [-0.05, 0) is 17.7 Å². The summed E-state index contributed by atoms with van der Waals surface area (Å²) in [5, 5.41) is 0. The quantitative estimate of drug-likeness (QED) is 0.559. The molecule has 3 nitrogen and oxygen atoms in total. The molecule has 4 N–H and O–H groups in total. The molecule has 0 saturated carbocycles. The second kappa shape index (κ2) is 4.25. The predicted molar refractivity (Wildman–Crippen MR) is 52.5 cm³/mol. The summed E-state index contributed by atoms with van der Waals surface area (Å²) >= 11 is 5.60. The fraction of sp³-hybridized carbons (Fsp3) is 0.222. The zero-order valence-corrected chi connectivity index (χ0v) is 7.79. The maximum atomic E-state index is 10.7. The molecule has 4 heteroatoms. The number of halogens is 1. The zero-order chi connectivity index (χ0) is 9.84. The van der Waals surface area contributed by atoms with Gasteiger partial charge in [0.25, 0.3) is 0 Å². The van der Waals surface area contributed by atoms with E-state index in [0.717, 1.165) is 5.56 Å². The van der Waals surface area contributed by atoms with Gasteiger partial charge in [-0.15, -0.1) is 11.6 Å². The van der Waals surface area contributed by atoms with Gasteiger partial charge < -0.3 is 11.5 Å². The fourth-order valence-electron chi connectivity index (χ4n) is 1.03. The van der Waals surface area contributed by atoms with Crippen LogP contribution in [0.15, 0.2) is 24.3 Å². The van der Waals surface area contributed by atoms with Crippen LogP contribution in [0.25, 0.3) is 0 Å². The third-order valence-corrected chi connectivity index (χ3v) is 1.82. The molecule has 0 spiro atoms.